The number of nitrogens with zero attached hydrogens (tertiary/aromatic N) is 1. The number of rotatable bonds is 4. The molecule has 1 atom stereocenters. The minimum atomic E-state index is -1.98. The highest BCUT2D eigenvalue weighted by molar-refractivity contribution is 7.37. The molecule has 4 heteroatoms. The molecule has 9 heavy (non-hydrogen) atoms. The molecule has 0 saturated carbocycles. The van der Waals surface area contributed by atoms with E-state index in [4.69, 9.17) is 4.89 Å². The van der Waals surface area contributed by atoms with E-state index in [1.54, 1.807) is 0 Å². The molecule has 0 aromatic rings. The molecule has 54 valence electrons. The Morgan fingerprint density at radius 3 is 2.00 bits per heavy atom. The standard InChI is InChI=1S/C5H12NO2P/c1-3-6(4-2)5-9(7)8/h3-5H2,1-2H3/p+1. The molecule has 0 fully saturated rings. The van der Waals surface area contributed by atoms with Crippen LogP contribution in [0.15, 0.2) is 0 Å². The quantitative estimate of drug-likeness (QED) is 0.608. The van der Waals surface area contributed by atoms with E-state index in [-0.39, 0.29) is 0 Å². The second-order valence-corrected chi connectivity index (χ2v) is 2.78. The summed E-state index contributed by atoms with van der Waals surface area (Å²) in [7, 11) is -1.98. The molecule has 0 rings (SSSR count). The monoisotopic (exact) mass is 150 g/mol. The van der Waals surface area contributed by atoms with Crippen molar-refractivity contribution in [2.75, 3.05) is 19.4 Å². The van der Waals surface area contributed by atoms with Crippen molar-refractivity contribution in [2.45, 2.75) is 13.8 Å². The van der Waals surface area contributed by atoms with Crippen molar-refractivity contribution in [2.24, 2.45) is 0 Å². The normalized spacial score (nSPS) is 12.2. The van der Waals surface area contributed by atoms with E-state index >= 15 is 0 Å². The van der Waals surface area contributed by atoms with Crippen molar-refractivity contribution in [1.29, 1.82) is 0 Å². The maximum absolute atomic E-state index is 10.2. The molecule has 0 radical (unpaired) electrons. The molecule has 1 N–H and O–H groups in total. The van der Waals surface area contributed by atoms with Crippen molar-refractivity contribution in [3.05, 3.63) is 0 Å². The van der Waals surface area contributed by atoms with E-state index < -0.39 is 8.03 Å². The molecule has 0 aromatic carbocycles. The van der Waals surface area contributed by atoms with Crippen molar-refractivity contribution in [1.82, 2.24) is 4.90 Å². The van der Waals surface area contributed by atoms with Crippen LogP contribution >= 0.6 is 8.03 Å². The van der Waals surface area contributed by atoms with Crippen LogP contribution in [-0.2, 0) is 4.57 Å². The fraction of sp³-hybridized carbons (Fsp3) is 1.00. The number of hydrogen-bond donors (Lipinski definition) is 1. The average Bonchev–Trinajstić information content (AvgIpc) is 1.82. The Morgan fingerprint density at radius 2 is 1.89 bits per heavy atom. The van der Waals surface area contributed by atoms with Gasteiger partial charge in [0.05, 0.1) is 0 Å². The third kappa shape index (κ3) is 4.52. The molecular weight excluding hydrogens is 137 g/mol. The summed E-state index contributed by atoms with van der Waals surface area (Å²) in [5.74, 6) is 0. The highest BCUT2D eigenvalue weighted by Gasteiger charge is 2.13. The van der Waals surface area contributed by atoms with E-state index in [1.165, 1.54) is 0 Å². The lowest BCUT2D eigenvalue weighted by molar-refractivity contribution is 0.338. The lowest BCUT2D eigenvalue weighted by Crippen LogP contribution is -2.21. The van der Waals surface area contributed by atoms with Gasteiger partial charge in [-0.15, -0.1) is 0 Å². The Bertz CT molecular complexity index is 93.0. The Kier molecular flexibility index (Phi) is 4.87. The van der Waals surface area contributed by atoms with Gasteiger partial charge in [0.2, 0.25) is 6.29 Å². The van der Waals surface area contributed by atoms with Crippen molar-refractivity contribution >= 4 is 8.03 Å². The molecule has 0 aliphatic heterocycles. The fourth-order valence-electron chi connectivity index (χ4n) is 0.595. The van der Waals surface area contributed by atoms with Crippen LogP contribution in [0.1, 0.15) is 13.8 Å². The lowest BCUT2D eigenvalue weighted by atomic mass is 10.6. The van der Waals surface area contributed by atoms with Crippen LogP contribution in [0.2, 0.25) is 0 Å². The minimum Gasteiger partial charge on any atom is -0.260 e. The van der Waals surface area contributed by atoms with Crippen LogP contribution in [0, 0.1) is 0 Å². The first-order valence-electron chi connectivity index (χ1n) is 3.06. The minimum absolute atomic E-state index is 0.308. The van der Waals surface area contributed by atoms with Gasteiger partial charge in [0.25, 0.3) is 0 Å². The predicted molar refractivity (Wildman–Crippen MR) is 37.6 cm³/mol. The van der Waals surface area contributed by atoms with Crippen LogP contribution in [0.5, 0.6) is 0 Å². The second-order valence-electron chi connectivity index (χ2n) is 1.80. The predicted octanol–water partition coefficient (Wildman–Crippen LogP) is 1.02. The summed E-state index contributed by atoms with van der Waals surface area (Å²) < 4.78 is 10.2. The topological polar surface area (TPSA) is 40.5 Å². The van der Waals surface area contributed by atoms with Gasteiger partial charge in [-0.25, -0.2) is 0 Å². The van der Waals surface area contributed by atoms with Gasteiger partial charge >= 0.3 is 8.03 Å². The Labute approximate surface area is 56.5 Å². The van der Waals surface area contributed by atoms with Crippen LogP contribution in [0.4, 0.5) is 0 Å². The van der Waals surface area contributed by atoms with Crippen molar-refractivity contribution in [3.8, 4) is 0 Å². The molecule has 0 aromatic heterocycles. The summed E-state index contributed by atoms with van der Waals surface area (Å²) in [6, 6.07) is 0. The summed E-state index contributed by atoms with van der Waals surface area (Å²) in [5.41, 5.74) is 0. The van der Waals surface area contributed by atoms with Crippen molar-refractivity contribution in [3.63, 3.8) is 0 Å². The zero-order valence-electron chi connectivity index (χ0n) is 5.87. The van der Waals surface area contributed by atoms with Gasteiger partial charge in [0.1, 0.15) is 0 Å². The van der Waals surface area contributed by atoms with E-state index in [1.807, 2.05) is 18.7 Å². The van der Waals surface area contributed by atoms with Crippen LogP contribution in [0.25, 0.3) is 0 Å². The molecule has 0 saturated heterocycles. The highest BCUT2D eigenvalue weighted by Crippen LogP contribution is 2.13. The van der Waals surface area contributed by atoms with Gasteiger partial charge in [-0.1, -0.05) is 13.8 Å². The summed E-state index contributed by atoms with van der Waals surface area (Å²) in [5, 5.41) is 0. The maximum atomic E-state index is 10.2. The smallest absolute Gasteiger partial charge is 0.260 e. The van der Waals surface area contributed by atoms with Gasteiger partial charge in [-0.2, -0.15) is 4.89 Å². The molecule has 1 unspecified atom stereocenters. The second kappa shape index (κ2) is 4.86. The highest BCUT2D eigenvalue weighted by atomic mass is 31.1. The fourth-order valence-corrected chi connectivity index (χ4v) is 1.34. The molecule has 3 nitrogen and oxygen atoms in total. The van der Waals surface area contributed by atoms with Crippen LogP contribution < -0.4 is 0 Å². The van der Waals surface area contributed by atoms with E-state index in [2.05, 4.69) is 0 Å². The summed E-state index contributed by atoms with van der Waals surface area (Å²) in [6.45, 7) is 5.64. The van der Waals surface area contributed by atoms with E-state index in [9.17, 15) is 4.57 Å². The Morgan fingerprint density at radius 1 is 1.44 bits per heavy atom. The third-order valence-electron chi connectivity index (χ3n) is 1.22. The largest absolute Gasteiger partial charge is 0.521 e. The van der Waals surface area contributed by atoms with E-state index in [0.29, 0.717) is 6.29 Å². The first-order valence-corrected chi connectivity index (χ1v) is 4.46. The SMILES string of the molecule is CCN(CC)C[P+](=O)O. The molecule has 0 spiro atoms. The van der Waals surface area contributed by atoms with E-state index in [0.717, 1.165) is 13.1 Å². The first-order chi connectivity index (χ1) is 4.20. The van der Waals surface area contributed by atoms with Crippen LogP contribution in [0.3, 0.4) is 0 Å². The summed E-state index contributed by atoms with van der Waals surface area (Å²) >= 11 is 0. The van der Waals surface area contributed by atoms with Gasteiger partial charge in [-0.05, 0) is 17.7 Å². The molecule has 0 aliphatic rings. The number of hydrogen-bond acceptors (Lipinski definition) is 2. The molecule has 0 aliphatic carbocycles. The van der Waals surface area contributed by atoms with Gasteiger partial charge in [0, 0.05) is 0 Å². The zero-order valence-corrected chi connectivity index (χ0v) is 6.77. The Hall–Kier alpha value is 0.0200. The van der Waals surface area contributed by atoms with Gasteiger partial charge in [0.15, 0.2) is 0 Å². The maximum Gasteiger partial charge on any atom is 0.521 e. The summed E-state index contributed by atoms with van der Waals surface area (Å²) in [4.78, 5) is 10.4. The van der Waals surface area contributed by atoms with Crippen molar-refractivity contribution < 1.29 is 9.46 Å². The molecular formula is C5H13NO2P+. The summed E-state index contributed by atoms with van der Waals surface area (Å²) in [6.07, 6.45) is 0.308. The van der Waals surface area contributed by atoms with Crippen LogP contribution in [-0.4, -0.2) is 29.2 Å². The first kappa shape index (κ1) is 9.02. The lowest BCUT2D eigenvalue weighted by Gasteiger charge is -2.08. The average molecular weight is 150 g/mol. The molecule has 0 heterocycles. The molecule has 0 bridgehead atoms. The van der Waals surface area contributed by atoms with Gasteiger partial charge < -0.3 is 0 Å². The zero-order chi connectivity index (χ0) is 7.28. The molecule has 0 amide bonds. The Balaban J connectivity index is 3.43. The third-order valence-corrected chi connectivity index (χ3v) is 1.86. The van der Waals surface area contributed by atoms with Gasteiger partial charge in [-0.3, -0.25) is 4.90 Å².